The number of hydrogen-bond donors (Lipinski definition) is 1. The number of nitrogens with zero attached hydrogens (tertiary/aromatic N) is 2. The van der Waals surface area contributed by atoms with Gasteiger partial charge in [0.15, 0.2) is 0 Å². The Kier molecular flexibility index (Phi) is 4.06. The number of aromatic amines is 1. The highest BCUT2D eigenvalue weighted by molar-refractivity contribution is 6.30. The molecule has 0 spiro atoms. The molecule has 1 aromatic carbocycles. The summed E-state index contributed by atoms with van der Waals surface area (Å²) in [7, 11) is 0. The topological polar surface area (TPSA) is 58.2 Å². The molecule has 3 rings (SSSR count). The van der Waals surface area contributed by atoms with Gasteiger partial charge >= 0.3 is 6.09 Å². The summed E-state index contributed by atoms with van der Waals surface area (Å²) >= 11 is 6.11. The summed E-state index contributed by atoms with van der Waals surface area (Å²) in [6, 6.07) is 7.39. The molecule has 2 aromatic rings. The van der Waals surface area contributed by atoms with Gasteiger partial charge < -0.3 is 4.74 Å². The van der Waals surface area contributed by atoms with Gasteiger partial charge in [0.05, 0.1) is 5.69 Å². The minimum Gasteiger partial charge on any atom is -0.444 e. The number of benzene rings is 1. The molecule has 6 heteroatoms. The number of halogens is 1. The maximum atomic E-state index is 12.6. The number of carbonyl (C=O) groups is 1. The lowest BCUT2D eigenvalue weighted by Crippen LogP contribution is -2.43. The van der Waals surface area contributed by atoms with Crippen LogP contribution >= 0.6 is 11.6 Å². The van der Waals surface area contributed by atoms with Crippen molar-refractivity contribution in [3.05, 3.63) is 52.3 Å². The second-order valence-corrected chi connectivity index (χ2v) is 7.10. The van der Waals surface area contributed by atoms with Gasteiger partial charge in [0.25, 0.3) is 0 Å². The molecule has 0 fully saturated rings. The van der Waals surface area contributed by atoms with E-state index >= 15 is 0 Å². The summed E-state index contributed by atoms with van der Waals surface area (Å²) in [4.78, 5) is 14.4. The predicted molar refractivity (Wildman–Crippen MR) is 88.5 cm³/mol. The van der Waals surface area contributed by atoms with Crippen molar-refractivity contribution in [3.63, 3.8) is 0 Å². The normalized spacial score (nSPS) is 17.7. The first-order chi connectivity index (χ1) is 10.8. The van der Waals surface area contributed by atoms with E-state index in [4.69, 9.17) is 16.3 Å². The molecule has 1 atom stereocenters. The lowest BCUT2D eigenvalue weighted by atomic mass is 9.91. The van der Waals surface area contributed by atoms with E-state index in [-0.39, 0.29) is 12.1 Å². The number of ether oxygens (including phenoxy) is 1. The highest BCUT2D eigenvalue weighted by atomic mass is 35.5. The van der Waals surface area contributed by atoms with E-state index < -0.39 is 5.60 Å². The van der Waals surface area contributed by atoms with Crippen molar-refractivity contribution in [3.8, 4) is 0 Å². The van der Waals surface area contributed by atoms with Gasteiger partial charge in [-0.1, -0.05) is 17.7 Å². The second-order valence-electron chi connectivity index (χ2n) is 6.67. The first-order valence-electron chi connectivity index (χ1n) is 7.63. The molecule has 1 aromatic heterocycles. The van der Waals surface area contributed by atoms with Crippen LogP contribution in [0.4, 0.5) is 4.79 Å². The number of amides is 1. The minimum atomic E-state index is -0.534. The average Bonchev–Trinajstić information content (AvgIpc) is 2.97. The molecule has 122 valence electrons. The predicted octanol–water partition coefficient (Wildman–Crippen LogP) is 3.95. The van der Waals surface area contributed by atoms with Crippen LogP contribution in [0.2, 0.25) is 5.02 Å². The molecule has 0 aliphatic carbocycles. The largest absolute Gasteiger partial charge is 0.444 e. The molecule has 23 heavy (non-hydrogen) atoms. The highest BCUT2D eigenvalue weighted by Gasteiger charge is 2.35. The van der Waals surface area contributed by atoms with E-state index in [1.807, 2.05) is 45.0 Å². The van der Waals surface area contributed by atoms with Gasteiger partial charge in [-0.05, 0) is 56.5 Å². The second kappa shape index (κ2) is 5.89. The van der Waals surface area contributed by atoms with Crippen molar-refractivity contribution in [2.24, 2.45) is 0 Å². The Bertz CT molecular complexity index is 707. The SMILES string of the molecule is CC(C)(C)OC(=O)N1CCc2cc(Cl)ccc2C1c1cc[nH]n1. The summed E-state index contributed by atoms with van der Waals surface area (Å²) in [6.45, 7) is 6.17. The molecule has 0 radical (unpaired) electrons. The fourth-order valence-electron chi connectivity index (χ4n) is 2.86. The fourth-order valence-corrected chi connectivity index (χ4v) is 3.05. The third kappa shape index (κ3) is 3.34. The molecule has 1 unspecified atom stereocenters. The standard InChI is InChI=1S/C17H20ClN3O2/c1-17(2,3)23-16(22)21-9-7-11-10-12(18)4-5-13(11)15(21)14-6-8-19-20-14/h4-6,8,10,15H,7,9H2,1-3H3,(H,19,20). The lowest BCUT2D eigenvalue weighted by Gasteiger charge is -2.37. The number of H-pyrrole nitrogens is 1. The lowest BCUT2D eigenvalue weighted by molar-refractivity contribution is 0.0175. The van der Waals surface area contributed by atoms with Gasteiger partial charge in [0.1, 0.15) is 11.6 Å². The molecule has 0 saturated carbocycles. The van der Waals surface area contributed by atoms with Crippen molar-refractivity contribution >= 4 is 17.7 Å². The van der Waals surface area contributed by atoms with Crippen LogP contribution in [-0.2, 0) is 11.2 Å². The monoisotopic (exact) mass is 333 g/mol. The Labute approximate surface area is 140 Å². The first-order valence-corrected chi connectivity index (χ1v) is 8.00. The summed E-state index contributed by atoms with van der Waals surface area (Å²) in [5.74, 6) is 0. The molecular weight excluding hydrogens is 314 g/mol. The zero-order chi connectivity index (χ0) is 16.6. The quantitative estimate of drug-likeness (QED) is 0.859. The third-order valence-corrected chi connectivity index (χ3v) is 4.00. The Morgan fingerprint density at radius 1 is 1.39 bits per heavy atom. The van der Waals surface area contributed by atoms with Crippen LogP contribution in [-0.4, -0.2) is 33.3 Å². The molecule has 2 heterocycles. The zero-order valence-electron chi connectivity index (χ0n) is 13.5. The third-order valence-electron chi connectivity index (χ3n) is 3.76. The van der Waals surface area contributed by atoms with Crippen molar-refractivity contribution in [2.45, 2.75) is 38.8 Å². The number of rotatable bonds is 1. The van der Waals surface area contributed by atoms with E-state index in [1.165, 1.54) is 0 Å². The molecule has 0 bridgehead atoms. The van der Waals surface area contributed by atoms with E-state index in [9.17, 15) is 4.79 Å². The van der Waals surface area contributed by atoms with Gasteiger partial charge in [-0.2, -0.15) is 5.10 Å². The fraction of sp³-hybridized carbons (Fsp3) is 0.412. The summed E-state index contributed by atoms with van der Waals surface area (Å²) in [6.07, 6.45) is 2.18. The smallest absolute Gasteiger partial charge is 0.411 e. The average molecular weight is 334 g/mol. The number of nitrogens with one attached hydrogen (secondary N) is 1. The van der Waals surface area contributed by atoms with Gasteiger partial charge in [-0.15, -0.1) is 0 Å². The number of fused-ring (bicyclic) bond motifs is 1. The Morgan fingerprint density at radius 2 is 2.17 bits per heavy atom. The summed E-state index contributed by atoms with van der Waals surface area (Å²) in [5, 5.41) is 7.81. The van der Waals surface area contributed by atoms with Crippen molar-refractivity contribution in [1.29, 1.82) is 0 Å². The number of aromatic nitrogens is 2. The Balaban J connectivity index is 2.00. The highest BCUT2D eigenvalue weighted by Crippen LogP contribution is 2.36. The summed E-state index contributed by atoms with van der Waals surface area (Å²) < 4.78 is 5.57. The van der Waals surface area contributed by atoms with Crippen LogP contribution in [0.25, 0.3) is 0 Å². The van der Waals surface area contributed by atoms with Crippen molar-refractivity contribution in [1.82, 2.24) is 15.1 Å². The van der Waals surface area contributed by atoms with Gasteiger partial charge in [0.2, 0.25) is 0 Å². The number of carbonyl (C=O) groups excluding carboxylic acids is 1. The minimum absolute atomic E-state index is 0.267. The van der Waals surface area contributed by atoms with Crippen LogP contribution in [0, 0.1) is 0 Å². The molecular formula is C17H20ClN3O2. The molecule has 0 saturated heterocycles. The van der Waals surface area contributed by atoms with Crippen LogP contribution in [0.5, 0.6) is 0 Å². The molecule has 1 aliphatic heterocycles. The maximum absolute atomic E-state index is 12.6. The van der Waals surface area contributed by atoms with Crippen LogP contribution < -0.4 is 0 Å². The van der Waals surface area contributed by atoms with Crippen LogP contribution in [0.15, 0.2) is 30.5 Å². The first kappa shape index (κ1) is 15.9. The zero-order valence-corrected chi connectivity index (χ0v) is 14.2. The molecule has 1 aliphatic rings. The van der Waals surface area contributed by atoms with E-state index in [0.717, 1.165) is 23.2 Å². The molecule has 1 amide bonds. The molecule has 5 nitrogen and oxygen atoms in total. The van der Waals surface area contributed by atoms with Crippen molar-refractivity contribution < 1.29 is 9.53 Å². The van der Waals surface area contributed by atoms with E-state index in [1.54, 1.807) is 11.1 Å². The summed E-state index contributed by atoms with van der Waals surface area (Å²) in [5.41, 5.74) is 2.44. The Morgan fingerprint density at radius 3 is 2.83 bits per heavy atom. The van der Waals surface area contributed by atoms with Crippen molar-refractivity contribution in [2.75, 3.05) is 6.54 Å². The maximum Gasteiger partial charge on any atom is 0.411 e. The van der Waals surface area contributed by atoms with Gasteiger partial charge in [-0.25, -0.2) is 4.79 Å². The Hall–Kier alpha value is -2.01. The van der Waals surface area contributed by atoms with E-state index in [0.29, 0.717) is 11.6 Å². The van der Waals surface area contributed by atoms with Gasteiger partial charge in [0, 0.05) is 17.8 Å². The molecule has 1 N–H and O–H groups in total. The van der Waals surface area contributed by atoms with Crippen LogP contribution in [0.1, 0.15) is 43.6 Å². The number of hydrogen-bond acceptors (Lipinski definition) is 3. The van der Waals surface area contributed by atoms with Crippen LogP contribution in [0.3, 0.4) is 0 Å². The van der Waals surface area contributed by atoms with E-state index in [2.05, 4.69) is 10.2 Å². The van der Waals surface area contributed by atoms with Gasteiger partial charge in [-0.3, -0.25) is 10.00 Å².